The summed E-state index contributed by atoms with van der Waals surface area (Å²) in [6.07, 6.45) is 4.65. The fourth-order valence-corrected chi connectivity index (χ4v) is 3.40. The molecule has 1 aliphatic carbocycles. The Hall–Kier alpha value is -2.99. The number of nitrogens with one attached hydrogen (secondary N) is 2. The molecule has 1 aliphatic rings. The molecule has 29 heavy (non-hydrogen) atoms. The normalized spacial score (nSPS) is 17.3. The van der Waals surface area contributed by atoms with Gasteiger partial charge in [-0.1, -0.05) is 29.8 Å². The van der Waals surface area contributed by atoms with E-state index in [0.29, 0.717) is 18.7 Å². The summed E-state index contributed by atoms with van der Waals surface area (Å²) in [6.45, 7) is 0.474. The first kappa shape index (κ1) is 20.7. The van der Waals surface area contributed by atoms with Crippen LogP contribution in [0.5, 0.6) is 0 Å². The van der Waals surface area contributed by atoms with Crippen LogP contribution < -0.4 is 10.6 Å². The van der Waals surface area contributed by atoms with E-state index in [4.69, 9.17) is 0 Å². The third-order valence-electron chi connectivity index (χ3n) is 5.00. The van der Waals surface area contributed by atoms with Crippen molar-refractivity contribution in [3.8, 4) is 0 Å². The Kier molecular flexibility index (Phi) is 7.14. The lowest BCUT2D eigenvalue weighted by Gasteiger charge is -2.08. The molecule has 2 aromatic rings. The molecule has 5 nitrogen and oxygen atoms in total. The van der Waals surface area contributed by atoms with Gasteiger partial charge < -0.3 is 15.7 Å². The van der Waals surface area contributed by atoms with E-state index in [9.17, 15) is 19.1 Å². The molecule has 0 aliphatic heterocycles. The monoisotopic (exact) mass is 396 g/mol. The van der Waals surface area contributed by atoms with Crippen molar-refractivity contribution in [2.75, 3.05) is 11.9 Å². The van der Waals surface area contributed by atoms with Crippen molar-refractivity contribution in [1.29, 1.82) is 0 Å². The highest BCUT2D eigenvalue weighted by atomic mass is 19.1. The van der Waals surface area contributed by atoms with Gasteiger partial charge in [-0.25, -0.2) is 9.18 Å². The number of allylic oxidation sites excluding steroid dienone is 2. The van der Waals surface area contributed by atoms with Gasteiger partial charge in [0.05, 0.1) is 0 Å². The summed E-state index contributed by atoms with van der Waals surface area (Å²) >= 11 is 0. The summed E-state index contributed by atoms with van der Waals surface area (Å²) < 4.78 is 12.9. The van der Waals surface area contributed by atoms with Crippen LogP contribution in [0.2, 0.25) is 0 Å². The Morgan fingerprint density at radius 3 is 2.41 bits per heavy atom. The second-order valence-corrected chi connectivity index (χ2v) is 7.37. The average Bonchev–Trinajstić information content (AvgIpc) is 3.16. The standard InChI is InChI=1S/C23H25FN2O3/c24-20-7-3-17(4-8-20)14-25-23(29)26-21-9-5-16(6-10-21)12-22(28)13-18-1-2-19(11-18)15-27/h3-10,13,19,27H,1-2,11-12,14-15H2,(H2,25,26,29). The van der Waals surface area contributed by atoms with Gasteiger partial charge in [0, 0.05) is 25.3 Å². The summed E-state index contributed by atoms with van der Waals surface area (Å²) in [5, 5.41) is 14.6. The third-order valence-corrected chi connectivity index (χ3v) is 5.00. The molecule has 0 aromatic heterocycles. The minimum Gasteiger partial charge on any atom is -0.396 e. The van der Waals surface area contributed by atoms with Gasteiger partial charge in [0.1, 0.15) is 5.82 Å². The molecule has 1 saturated carbocycles. The zero-order chi connectivity index (χ0) is 20.6. The third kappa shape index (κ3) is 6.54. The number of urea groups is 1. The van der Waals surface area contributed by atoms with Gasteiger partial charge in [0.2, 0.25) is 0 Å². The molecule has 6 heteroatoms. The highest BCUT2D eigenvalue weighted by Crippen LogP contribution is 2.29. The summed E-state index contributed by atoms with van der Waals surface area (Å²) in [5.41, 5.74) is 3.42. The number of ketones is 1. The molecule has 2 aromatic carbocycles. The first-order valence-electron chi connectivity index (χ1n) is 9.73. The molecule has 152 valence electrons. The highest BCUT2D eigenvalue weighted by Gasteiger charge is 2.19. The van der Waals surface area contributed by atoms with E-state index < -0.39 is 0 Å². The number of benzene rings is 2. The molecule has 3 rings (SSSR count). The van der Waals surface area contributed by atoms with Crippen molar-refractivity contribution in [3.05, 3.63) is 77.1 Å². The number of hydrogen-bond acceptors (Lipinski definition) is 3. The number of anilines is 1. The largest absolute Gasteiger partial charge is 0.396 e. The minimum atomic E-state index is -0.359. The smallest absolute Gasteiger partial charge is 0.319 e. The zero-order valence-corrected chi connectivity index (χ0v) is 16.2. The Morgan fingerprint density at radius 2 is 1.76 bits per heavy atom. The summed E-state index contributed by atoms with van der Waals surface area (Å²) in [4.78, 5) is 24.2. The number of carbonyl (C=O) groups excluding carboxylic acids is 2. The van der Waals surface area contributed by atoms with Gasteiger partial charge in [0.25, 0.3) is 0 Å². The number of halogens is 1. The molecule has 0 heterocycles. The number of hydrogen-bond donors (Lipinski definition) is 3. The zero-order valence-electron chi connectivity index (χ0n) is 16.2. The Balaban J connectivity index is 1.45. The van der Waals surface area contributed by atoms with Crippen LogP contribution in [-0.2, 0) is 17.8 Å². The first-order chi connectivity index (χ1) is 14.0. The number of amides is 2. The van der Waals surface area contributed by atoms with E-state index in [2.05, 4.69) is 10.6 Å². The molecule has 1 atom stereocenters. The van der Waals surface area contributed by atoms with Crippen molar-refractivity contribution >= 4 is 17.5 Å². The summed E-state index contributed by atoms with van der Waals surface area (Å²) in [5.74, 6) is 0.0236. The van der Waals surface area contributed by atoms with Crippen molar-refractivity contribution < 1.29 is 19.1 Å². The first-order valence-corrected chi connectivity index (χ1v) is 9.73. The molecular weight excluding hydrogens is 371 g/mol. The molecule has 0 spiro atoms. The van der Waals surface area contributed by atoms with Crippen LogP contribution in [0, 0.1) is 11.7 Å². The number of rotatable bonds is 7. The molecule has 2 amide bonds. The molecule has 0 radical (unpaired) electrons. The van der Waals surface area contributed by atoms with E-state index in [1.165, 1.54) is 12.1 Å². The summed E-state index contributed by atoms with van der Waals surface area (Å²) in [6, 6.07) is 12.7. The summed E-state index contributed by atoms with van der Waals surface area (Å²) in [7, 11) is 0. The lowest BCUT2D eigenvalue weighted by atomic mass is 10.0. The predicted molar refractivity (Wildman–Crippen MR) is 110 cm³/mol. The van der Waals surface area contributed by atoms with Gasteiger partial charge in [-0.15, -0.1) is 0 Å². The second-order valence-electron chi connectivity index (χ2n) is 7.37. The van der Waals surface area contributed by atoms with E-state index >= 15 is 0 Å². The Labute approximate surface area is 169 Å². The van der Waals surface area contributed by atoms with Crippen molar-refractivity contribution in [2.24, 2.45) is 5.92 Å². The number of aliphatic hydroxyl groups is 1. The molecule has 0 bridgehead atoms. The molecular formula is C23H25FN2O3. The Bertz CT molecular complexity index is 876. The van der Waals surface area contributed by atoms with Crippen molar-refractivity contribution in [2.45, 2.75) is 32.2 Å². The highest BCUT2D eigenvalue weighted by molar-refractivity contribution is 5.92. The van der Waals surface area contributed by atoms with Crippen molar-refractivity contribution in [1.82, 2.24) is 5.32 Å². The van der Waals surface area contributed by atoms with Crippen molar-refractivity contribution in [3.63, 3.8) is 0 Å². The maximum atomic E-state index is 12.9. The van der Waals surface area contributed by atoms with E-state index in [1.54, 1.807) is 30.3 Å². The Morgan fingerprint density at radius 1 is 1.07 bits per heavy atom. The fraction of sp³-hybridized carbons (Fsp3) is 0.304. The van der Waals surface area contributed by atoms with Crippen LogP contribution in [0.25, 0.3) is 0 Å². The predicted octanol–water partition coefficient (Wildman–Crippen LogP) is 3.98. The number of aliphatic hydroxyl groups excluding tert-OH is 1. The number of carbonyl (C=O) groups is 2. The van der Waals surface area contributed by atoms with Crippen LogP contribution in [0.15, 0.2) is 60.2 Å². The lowest BCUT2D eigenvalue weighted by Crippen LogP contribution is -2.28. The molecule has 1 fully saturated rings. The SMILES string of the molecule is O=C(C=C1CCC(CO)C1)Cc1ccc(NC(=O)NCc2ccc(F)cc2)cc1. The van der Waals surface area contributed by atoms with E-state index in [-0.39, 0.29) is 30.2 Å². The second kappa shape index (κ2) is 9.98. The van der Waals surface area contributed by atoms with Crippen LogP contribution in [0.4, 0.5) is 14.9 Å². The quantitative estimate of drug-likeness (QED) is 0.620. The van der Waals surface area contributed by atoms with Crippen LogP contribution in [0.1, 0.15) is 30.4 Å². The van der Waals surface area contributed by atoms with Gasteiger partial charge in [0.15, 0.2) is 5.78 Å². The van der Waals surface area contributed by atoms with Gasteiger partial charge >= 0.3 is 6.03 Å². The average molecular weight is 396 g/mol. The van der Waals surface area contributed by atoms with Crippen LogP contribution in [-0.4, -0.2) is 23.5 Å². The van der Waals surface area contributed by atoms with E-state index in [0.717, 1.165) is 36.0 Å². The lowest BCUT2D eigenvalue weighted by molar-refractivity contribution is -0.114. The topological polar surface area (TPSA) is 78.4 Å². The minimum absolute atomic E-state index is 0.0522. The maximum absolute atomic E-state index is 12.9. The molecule has 3 N–H and O–H groups in total. The van der Waals surface area contributed by atoms with Crippen LogP contribution in [0.3, 0.4) is 0 Å². The fourth-order valence-electron chi connectivity index (χ4n) is 3.40. The molecule has 1 unspecified atom stereocenters. The van der Waals surface area contributed by atoms with Gasteiger partial charge in [-0.05, 0) is 66.6 Å². The van der Waals surface area contributed by atoms with Crippen LogP contribution >= 0.6 is 0 Å². The van der Waals surface area contributed by atoms with Gasteiger partial charge in [-0.2, -0.15) is 0 Å². The maximum Gasteiger partial charge on any atom is 0.319 e. The van der Waals surface area contributed by atoms with Gasteiger partial charge in [-0.3, -0.25) is 4.79 Å². The molecule has 0 saturated heterocycles. The van der Waals surface area contributed by atoms with E-state index in [1.807, 2.05) is 12.1 Å².